The molecule has 0 bridgehead atoms. The Labute approximate surface area is 54.6 Å². The summed E-state index contributed by atoms with van der Waals surface area (Å²) in [5.74, 6) is 0.233. The Morgan fingerprint density at radius 2 is 2.44 bits per heavy atom. The lowest BCUT2D eigenvalue weighted by Gasteiger charge is -2.05. The monoisotopic (exact) mass is 131 g/mol. The van der Waals surface area contributed by atoms with Gasteiger partial charge in [0.2, 0.25) is 0 Å². The number of rotatable bonds is 5. The quantitative estimate of drug-likeness (QED) is 0.575. The molecule has 1 atom stereocenters. The van der Waals surface area contributed by atoms with Gasteiger partial charge in [0.05, 0.1) is 6.61 Å². The van der Waals surface area contributed by atoms with E-state index in [0.29, 0.717) is 13.0 Å². The van der Waals surface area contributed by atoms with Crippen LogP contribution in [-0.4, -0.2) is 24.8 Å². The molecule has 0 amide bonds. The van der Waals surface area contributed by atoms with Crippen LogP contribution in [0.1, 0.15) is 13.3 Å². The van der Waals surface area contributed by atoms with Crippen LogP contribution in [0.2, 0.25) is 0 Å². The number of aliphatic hydroxyl groups excluding tert-OH is 1. The van der Waals surface area contributed by atoms with E-state index in [1.807, 2.05) is 6.92 Å². The first-order chi connectivity index (χ1) is 4.31. The van der Waals surface area contributed by atoms with Crippen LogP contribution in [0.25, 0.3) is 0 Å². The summed E-state index contributed by atoms with van der Waals surface area (Å²) in [6.07, 6.45) is 0.668. The van der Waals surface area contributed by atoms with Crippen molar-refractivity contribution >= 4 is 6.47 Å². The van der Waals surface area contributed by atoms with Crippen molar-refractivity contribution in [3.8, 4) is 0 Å². The summed E-state index contributed by atoms with van der Waals surface area (Å²) in [6, 6.07) is 0. The first-order valence-corrected chi connectivity index (χ1v) is 2.91. The van der Waals surface area contributed by atoms with Crippen molar-refractivity contribution in [2.24, 2.45) is 5.92 Å². The summed E-state index contributed by atoms with van der Waals surface area (Å²) >= 11 is 0. The van der Waals surface area contributed by atoms with Gasteiger partial charge in [0, 0.05) is 6.61 Å². The van der Waals surface area contributed by atoms with Gasteiger partial charge in [-0.25, -0.2) is 4.79 Å². The molecule has 3 nitrogen and oxygen atoms in total. The number of hydrogen-bond donors (Lipinski definition) is 1. The fraction of sp³-hybridized carbons (Fsp3) is 0.833. The molecule has 0 aromatic heterocycles. The van der Waals surface area contributed by atoms with Crippen LogP contribution in [0.3, 0.4) is 0 Å². The van der Waals surface area contributed by atoms with Crippen molar-refractivity contribution in [2.45, 2.75) is 13.3 Å². The maximum atomic E-state index is 9.50. The second kappa shape index (κ2) is 5.56. The van der Waals surface area contributed by atoms with E-state index in [1.165, 1.54) is 6.47 Å². The molecule has 53 valence electrons. The highest BCUT2D eigenvalue weighted by molar-refractivity contribution is 5.38. The molecule has 0 saturated carbocycles. The van der Waals surface area contributed by atoms with Crippen molar-refractivity contribution < 1.29 is 14.6 Å². The van der Waals surface area contributed by atoms with E-state index in [2.05, 4.69) is 4.74 Å². The van der Waals surface area contributed by atoms with Crippen LogP contribution in [0.5, 0.6) is 0 Å². The predicted molar refractivity (Wildman–Crippen MR) is 32.5 cm³/mol. The standard InChI is InChI=1S/C6H11O3/c1-6(2-3-7)4-9-5-8/h6-7H,2-4H2,1H3. The predicted octanol–water partition coefficient (Wildman–Crippen LogP) is 0.0887. The molecule has 1 unspecified atom stereocenters. The van der Waals surface area contributed by atoms with Gasteiger partial charge in [-0.3, -0.25) is 0 Å². The average molecular weight is 131 g/mol. The van der Waals surface area contributed by atoms with E-state index in [9.17, 15) is 4.79 Å². The Hall–Kier alpha value is -0.570. The normalized spacial score (nSPS) is 12.7. The van der Waals surface area contributed by atoms with E-state index in [-0.39, 0.29) is 12.5 Å². The van der Waals surface area contributed by atoms with Crippen molar-refractivity contribution in [1.29, 1.82) is 0 Å². The molecule has 0 aromatic rings. The van der Waals surface area contributed by atoms with E-state index < -0.39 is 0 Å². The molecule has 0 rings (SSSR count). The molecule has 3 heteroatoms. The van der Waals surface area contributed by atoms with Crippen LogP contribution in [0.15, 0.2) is 0 Å². The molecule has 0 heterocycles. The Bertz CT molecular complexity index is 72.7. The molecule has 0 aromatic carbocycles. The third-order valence-corrected chi connectivity index (χ3v) is 1.05. The zero-order chi connectivity index (χ0) is 7.11. The van der Waals surface area contributed by atoms with E-state index in [0.717, 1.165) is 0 Å². The van der Waals surface area contributed by atoms with Gasteiger partial charge in [-0.2, -0.15) is 0 Å². The number of ether oxygens (including phenoxy) is 1. The van der Waals surface area contributed by atoms with Crippen LogP contribution in [0, 0.1) is 5.92 Å². The highest BCUT2D eigenvalue weighted by Crippen LogP contribution is 1.99. The van der Waals surface area contributed by atoms with Crippen LogP contribution in [-0.2, 0) is 9.53 Å². The lowest BCUT2D eigenvalue weighted by molar-refractivity contribution is 0.193. The van der Waals surface area contributed by atoms with Crippen molar-refractivity contribution in [1.82, 2.24) is 0 Å². The lowest BCUT2D eigenvalue weighted by atomic mass is 10.1. The Balaban J connectivity index is 3.04. The Morgan fingerprint density at radius 3 is 2.89 bits per heavy atom. The molecule has 0 aliphatic carbocycles. The molecular weight excluding hydrogens is 120 g/mol. The lowest BCUT2D eigenvalue weighted by Crippen LogP contribution is -2.06. The van der Waals surface area contributed by atoms with E-state index in [4.69, 9.17) is 5.11 Å². The molecule has 9 heavy (non-hydrogen) atoms. The average Bonchev–Trinajstić information content (AvgIpc) is 1.85. The van der Waals surface area contributed by atoms with Crippen LogP contribution in [0.4, 0.5) is 0 Å². The highest BCUT2D eigenvalue weighted by Gasteiger charge is 1.99. The highest BCUT2D eigenvalue weighted by atomic mass is 16.5. The van der Waals surface area contributed by atoms with Crippen LogP contribution >= 0.6 is 0 Å². The molecule has 0 aliphatic rings. The Kier molecular flexibility index (Phi) is 5.21. The third-order valence-electron chi connectivity index (χ3n) is 1.05. The minimum atomic E-state index is 0.142. The van der Waals surface area contributed by atoms with Crippen molar-refractivity contribution in [3.63, 3.8) is 0 Å². The van der Waals surface area contributed by atoms with Gasteiger partial charge in [0.15, 0.2) is 0 Å². The molecule has 0 saturated heterocycles. The SMILES string of the molecule is CC(CCO)CO[C]=O. The van der Waals surface area contributed by atoms with Gasteiger partial charge in [-0.05, 0) is 12.3 Å². The number of hydrogen-bond acceptors (Lipinski definition) is 3. The summed E-state index contributed by atoms with van der Waals surface area (Å²) in [5.41, 5.74) is 0. The van der Waals surface area contributed by atoms with Crippen molar-refractivity contribution in [3.05, 3.63) is 0 Å². The van der Waals surface area contributed by atoms with Gasteiger partial charge in [0.25, 0.3) is 0 Å². The maximum Gasteiger partial charge on any atom is 0.417 e. The first-order valence-electron chi connectivity index (χ1n) is 2.91. The van der Waals surface area contributed by atoms with E-state index in [1.54, 1.807) is 0 Å². The minimum absolute atomic E-state index is 0.142. The van der Waals surface area contributed by atoms with Gasteiger partial charge < -0.3 is 9.84 Å². The number of carbonyl (C=O) groups excluding carboxylic acids is 1. The summed E-state index contributed by atoms with van der Waals surface area (Å²) in [7, 11) is 0. The zero-order valence-corrected chi connectivity index (χ0v) is 5.46. The summed E-state index contributed by atoms with van der Waals surface area (Å²) in [5, 5.41) is 8.38. The zero-order valence-electron chi connectivity index (χ0n) is 5.46. The molecule has 1 N–H and O–H groups in total. The summed E-state index contributed by atoms with van der Waals surface area (Å²) in [6.45, 7) is 3.72. The fourth-order valence-corrected chi connectivity index (χ4v) is 0.480. The van der Waals surface area contributed by atoms with E-state index >= 15 is 0 Å². The van der Waals surface area contributed by atoms with Gasteiger partial charge in [0.1, 0.15) is 0 Å². The van der Waals surface area contributed by atoms with Crippen LogP contribution < -0.4 is 0 Å². The second-order valence-electron chi connectivity index (χ2n) is 2.01. The Morgan fingerprint density at radius 1 is 1.78 bits per heavy atom. The molecular formula is C6H11O3. The fourth-order valence-electron chi connectivity index (χ4n) is 0.480. The maximum absolute atomic E-state index is 9.50. The van der Waals surface area contributed by atoms with Gasteiger partial charge >= 0.3 is 6.47 Å². The summed E-state index contributed by atoms with van der Waals surface area (Å²) in [4.78, 5) is 9.50. The molecule has 0 fully saturated rings. The number of aliphatic hydroxyl groups is 1. The van der Waals surface area contributed by atoms with Gasteiger partial charge in [-0.15, -0.1) is 0 Å². The van der Waals surface area contributed by atoms with Gasteiger partial charge in [-0.1, -0.05) is 6.92 Å². The summed E-state index contributed by atoms with van der Waals surface area (Å²) < 4.78 is 4.33. The molecule has 1 radical (unpaired) electrons. The smallest absolute Gasteiger partial charge is 0.417 e. The molecule has 0 spiro atoms. The minimum Gasteiger partial charge on any atom is -0.457 e. The molecule has 0 aliphatic heterocycles. The van der Waals surface area contributed by atoms with Crippen molar-refractivity contribution in [2.75, 3.05) is 13.2 Å². The topological polar surface area (TPSA) is 46.5 Å². The third kappa shape index (κ3) is 5.30. The largest absolute Gasteiger partial charge is 0.457 e. The first kappa shape index (κ1) is 8.43. The second-order valence-corrected chi connectivity index (χ2v) is 2.01.